The molecule has 0 fully saturated rings. The second kappa shape index (κ2) is 5.33. The van der Waals surface area contributed by atoms with E-state index in [2.05, 4.69) is 0 Å². The summed E-state index contributed by atoms with van der Waals surface area (Å²) in [7, 11) is 3.19. The van der Waals surface area contributed by atoms with Crippen molar-refractivity contribution < 1.29 is 14.7 Å². The summed E-state index contributed by atoms with van der Waals surface area (Å²) in [5, 5.41) is 10.9. The first kappa shape index (κ1) is 11.5. The Kier molecular flexibility index (Phi) is 4.08. The molecule has 1 N–H and O–H groups in total. The van der Waals surface area contributed by atoms with Gasteiger partial charge in [0.2, 0.25) is 0 Å². The van der Waals surface area contributed by atoms with Crippen LogP contribution >= 0.6 is 0 Å². The Labute approximate surface area is 88.4 Å². The van der Waals surface area contributed by atoms with E-state index in [1.54, 1.807) is 14.1 Å². The highest BCUT2D eigenvalue weighted by Gasteiger charge is 2.14. The van der Waals surface area contributed by atoms with Crippen LogP contribution < -0.4 is 0 Å². The molecule has 82 valence electrons. The van der Waals surface area contributed by atoms with Crippen LogP contribution in [-0.2, 0) is 11.4 Å². The SMILES string of the molecule is CN(C)N(OCc1ccccc1)C(=O)O. The first-order chi connectivity index (χ1) is 7.11. The van der Waals surface area contributed by atoms with E-state index in [4.69, 9.17) is 9.94 Å². The van der Waals surface area contributed by atoms with Gasteiger partial charge in [-0.25, -0.2) is 9.63 Å². The predicted molar refractivity (Wildman–Crippen MR) is 54.8 cm³/mol. The summed E-state index contributed by atoms with van der Waals surface area (Å²) in [6.45, 7) is 0.227. The van der Waals surface area contributed by atoms with Crippen LogP contribution in [-0.4, -0.2) is 35.5 Å². The van der Waals surface area contributed by atoms with E-state index in [9.17, 15) is 4.79 Å². The summed E-state index contributed by atoms with van der Waals surface area (Å²) in [5.41, 5.74) is 0.922. The first-order valence-electron chi connectivity index (χ1n) is 4.48. The van der Waals surface area contributed by atoms with Gasteiger partial charge in [-0.1, -0.05) is 30.3 Å². The van der Waals surface area contributed by atoms with Crippen molar-refractivity contribution in [3.63, 3.8) is 0 Å². The maximum atomic E-state index is 10.7. The molecular formula is C10H14N2O3. The predicted octanol–water partition coefficient (Wildman–Crippen LogP) is 1.57. The van der Waals surface area contributed by atoms with Crippen molar-refractivity contribution in [2.75, 3.05) is 14.1 Å². The monoisotopic (exact) mass is 210 g/mol. The molecule has 0 unspecified atom stereocenters. The zero-order valence-corrected chi connectivity index (χ0v) is 8.75. The number of hydrogen-bond acceptors (Lipinski definition) is 3. The fourth-order valence-electron chi connectivity index (χ4n) is 1.05. The topological polar surface area (TPSA) is 53.0 Å². The average molecular weight is 210 g/mol. The minimum Gasteiger partial charge on any atom is -0.462 e. The molecule has 1 aromatic carbocycles. The molecule has 15 heavy (non-hydrogen) atoms. The second-order valence-electron chi connectivity index (χ2n) is 3.16. The van der Waals surface area contributed by atoms with Gasteiger partial charge in [0.25, 0.3) is 0 Å². The van der Waals surface area contributed by atoms with Gasteiger partial charge in [-0.3, -0.25) is 0 Å². The third-order valence-corrected chi connectivity index (χ3v) is 1.72. The number of hydrogen-bond donors (Lipinski definition) is 1. The molecule has 1 amide bonds. The molecule has 0 atom stereocenters. The lowest BCUT2D eigenvalue weighted by Crippen LogP contribution is -2.40. The highest BCUT2D eigenvalue weighted by Crippen LogP contribution is 2.03. The van der Waals surface area contributed by atoms with Crippen molar-refractivity contribution in [3.8, 4) is 0 Å². The van der Waals surface area contributed by atoms with Gasteiger partial charge >= 0.3 is 6.09 Å². The molecule has 0 saturated carbocycles. The highest BCUT2D eigenvalue weighted by atomic mass is 16.7. The lowest BCUT2D eigenvalue weighted by atomic mass is 10.2. The number of rotatable bonds is 4. The zero-order valence-electron chi connectivity index (χ0n) is 8.75. The van der Waals surface area contributed by atoms with Gasteiger partial charge in [0, 0.05) is 14.1 Å². The number of hydrazine groups is 1. The minimum atomic E-state index is -1.14. The van der Waals surface area contributed by atoms with E-state index >= 15 is 0 Å². The standard InChI is InChI=1S/C10H14N2O3/c1-11(2)12(10(13)14)15-8-9-6-4-3-5-7-9/h3-7H,8H2,1-2H3,(H,13,14). The van der Waals surface area contributed by atoms with Crippen molar-refractivity contribution in [1.82, 2.24) is 10.2 Å². The summed E-state index contributed by atoms with van der Waals surface area (Å²) in [6, 6.07) is 9.38. The Hall–Kier alpha value is -1.59. The molecule has 0 heterocycles. The molecule has 1 aromatic rings. The fraction of sp³-hybridized carbons (Fsp3) is 0.300. The molecule has 0 radical (unpaired) electrons. The summed E-state index contributed by atoms with van der Waals surface area (Å²) >= 11 is 0. The van der Waals surface area contributed by atoms with Crippen LogP contribution in [0.25, 0.3) is 0 Å². The minimum absolute atomic E-state index is 0.227. The Morgan fingerprint density at radius 3 is 2.40 bits per heavy atom. The molecular weight excluding hydrogens is 196 g/mol. The highest BCUT2D eigenvalue weighted by molar-refractivity contribution is 5.62. The molecule has 0 aliphatic rings. The van der Waals surface area contributed by atoms with Crippen molar-refractivity contribution in [1.29, 1.82) is 0 Å². The first-order valence-corrected chi connectivity index (χ1v) is 4.48. The number of carboxylic acid groups (broad SMARTS) is 1. The molecule has 5 nitrogen and oxygen atoms in total. The van der Waals surface area contributed by atoms with Gasteiger partial charge in [-0.2, -0.15) is 5.01 Å². The molecule has 0 aliphatic carbocycles. The van der Waals surface area contributed by atoms with Gasteiger partial charge in [0.1, 0.15) is 6.61 Å². The quantitative estimate of drug-likeness (QED) is 0.766. The molecule has 1 rings (SSSR count). The largest absolute Gasteiger partial charge is 0.462 e. The summed E-state index contributed by atoms with van der Waals surface area (Å²) < 4.78 is 0. The second-order valence-corrected chi connectivity index (χ2v) is 3.16. The van der Waals surface area contributed by atoms with E-state index in [0.29, 0.717) is 0 Å². The van der Waals surface area contributed by atoms with E-state index in [0.717, 1.165) is 10.7 Å². The van der Waals surface area contributed by atoms with Crippen LogP contribution in [0.1, 0.15) is 5.56 Å². The molecule has 5 heteroatoms. The fourth-order valence-corrected chi connectivity index (χ4v) is 1.05. The van der Waals surface area contributed by atoms with Crippen molar-refractivity contribution in [2.24, 2.45) is 0 Å². The van der Waals surface area contributed by atoms with E-state index in [1.807, 2.05) is 30.3 Å². The normalized spacial score (nSPS) is 10.3. The molecule has 0 aliphatic heterocycles. The van der Waals surface area contributed by atoms with Crippen molar-refractivity contribution >= 4 is 6.09 Å². The number of carbonyl (C=O) groups is 1. The number of hydroxylamine groups is 1. The maximum absolute atomic E-state index is 10.7. The van der Waals surface area contributed by atoms with Gasteiger partial charge in [0.15, 0.2) is 0 Å². The van der Waals surface area contributed by atoms with E-state index in [1.165, 1.54) is 5.01 Å². The van der Waals surface area contributed by atoms with Crippen LogP contribution in [0.3, 0.4) is 0 Å². The summed E-state index contributed by atoms with van der Waals surface area (Å²) in [4.78, 5) is 15.8. The number of nitrogens with zero attached hydrogens (tertiary/aromatic N) is 2. The third kappa shape index (κ3) is 3.57. The van der Waals surface area contributed by atoms with E-state index < -0.39 is 6.09 Å². The van der Waals surface area contributed by atoms with Crippen LogP contribution in [0.5, 0.6) is 0 Å². The van der Waals surface area contributed by atoms with Crippen molar-refractivity contribution in [2.45, 2.75) is 6.61 Å². The van der Waals surface area contributed by atoms with Crippen LogP contribution in [0, 0.1) is 0 Å². The lowest BCUT2D eigenvalue weighted by molar-refractivity contribution is -0.242. The Balaban J connectivity index is 2.51. The molecule has 0 aromatic heterocycles. The maximum Gasteiger partial charge on any atom is 0.447 e. The Morgan fingerprint density at radius 1 is 1.33 bits per heavy atom. The summed E-state index contributed by atoms with van der Waals surface area (Å²) in [6.07, 6.45) is -1.14. The number of benzene rings is 1. The summed E-state index contributed by atoms with van der Waals surface area (Å²) in [5.74, 6) is 0. The Morgan fingerprint density at radius 2 is 1.93 bits per heavy atom. The Bertz CT molecular complexity index is 314. The van der Waals surface area contributed by atoms with Crippen molar-refractivity contribution in [3.05, 3.63) is 35.9 Å². The molecule has 0 bridgehead atoms. The third-order valence-electron chi connectivity index (χ3n) is 1.72. The van der Waals surface area contributed by atoms with Gasteiger partial charge in [0.05, 0.1) is 0 Å². The average Bonchev–Trinajstić information content (AvgIpc) is 2.18. The lowest BCUT2D eigenvalue weighted by Gasteiger charge is -2.24. The zero-order chi connectivity index (χ0) is 11.3. The number of amides is 1. The van der Waals surface area contributed by atoms with Crippen LogP contribution in [0.15, 0.2) is 30.3 Å². The molecule has 0 spiro atoms. The van der Waals surface area contributed by atoms with Crippen LogP contribution in [0.4, 0.5) is 4.79 Å². The van der Waals surface area contributed by atoms with E-state index in [-0.39, 0.29) is 6.61 Å². The van der Waals surface area contributed by atoms with Gasteiger partial charge < -0.3 is 5.11 Å². The van der Waals surface area contributed by atoms with Gasteiger partial charge in [-0.15, -0.1) is 5.17 Å². The smallest absolute Gasteiger partial charge is 0.447 e. The molecule has 0 saturated heterocycles. The van der Waals surface area contributed by atoms with Crippen LogP contribution in [0.2, 0.25) is 0 Å². The van der Waals surface area contributed by atoms with Gasteiger partial charge in [-0.05, 0) is 5.56 Å².